The summed E-state index contributed by atoms with van der Waals surface area (Å²) in [5.74, 6) is 0.938. The van der Waals surface area contributed by atoms with Crippen LogP contribution >= 0.6 is 0 Å². The maximum absolute atomic E-state index is 4.42. The second-order valence-electron chi connectivity index (χ2n) is 5.02. The Bertz CT molecular complexity index is 541. The molecule has 7 nitrogen and oxygen atoms in total. The summed E-state index contributed by atoms with van der Waals surface area (Å²) >= 11 is 0. The number of aromatic nitrogens is 5. The molecule has 0 saturated carbocycles. The quantitative estimate of drug-likeness (QED) is 0.811. The fraction of sp³-hybridized carbons (Fsp3) is 0.636. The minimum absolute atomic E-state index is 0.245. The largest absolute Gasteiger partial charge is 0.355 e. The Morgan fingerprint density at radius 3 is 2.78 bits per heavy atom. The van der Waals surface area contributed by atoms with Gasteiger partial charge in [0.25, 0.3) is 0 Å². The van der Waals surface area contributed by atoms with Crippen LogP contribution in [0.1, 0.15) is 19.8 Å². The zero-order valence-corrected chi connectivity index (χ0v) is 10.7. The van der Waals surface area contributed by atoms with Crippen molar-refractivity contribution in [2.24, 2.45) is 0 Å². The minimum atomic E-state index is 0.245. The van der Waals surface area contributed by atoms with E-state index in [1.807, 2.05) is 19.2 Å². The molecule has 1 N–H and O–H groups in total. The predicted molar refractivity (Wildman–Crippen MR) is 67.5 cm³/mol. The van der Waals surface area contributed by atoms with E-state index in [0.717, 1.165) is 31.7 Å². The molecule has 18 heavy (non-hydrogen) atoms. The zero-order valence-electron chi connectivity index (χ0n) is 10.7. The molecule has 0 unspecified atom stereocenters. The summed E-state index contributed by atoms with van der Waals surface area (Å²) in [7, 11) is 2.03. The average Bonchev–Trinajstić information content (AvgIpc) is 2.87. The number of anilines is 1. The Balaban J connectivity index is 1.79. The normalized spacial score (nSPS) is 19.3. The molecule has 1 aliphatic rings. The van der Waals surface area contributed by atoms with Crippen LogP contribution in [0.15, 0.2) is 12.1 Å². The van der Waals surface area contributed by atoms with Gasteiger partial charge in [0.1, 0.15) is 0 Å². The first-order chi connectivity index (χ1) is 8.70. The Morgan fingerprint density at radius 1 is 1.28 bits per heavy atom. The van der Waals surface area contributed by atoms with Crippen LogP contribution < -0.4 is 10.2 Å². The number of piperidine rings is 1. The van der Waals surface area contributed by atoms with Crippen molar-refractivity contribution in [2.75, 3.05) is 25.0 Å². The number of fused-ring (bicyclic) bond motifs is 1. The van der Waals surface area contributed by atoms with Crippen molar-refractivity contribution in [3.8, 4) is 0 Å². The summed E-state index contributed by atoms with van der Waals surface area (Å²) in [5, 5.41) is 19.1. The van der Waals surface area contributed by atoms with Gasteiger partial charge >= 0.3 is 0 Å². The van der Waals surface area contributed by atoms with E-state index in [-0.39, 0.29) is 5.54 Å². The van der Waals surface area contributed by atoms with E-state index < -0.39 is 0 Å². The fourth-order valence-electron chi connectivity index (χ4n) is 2.29. The van der Waals surface area contributed by atoms with E-state index in [9.17, 15) is 0 Å². The van der Waals surface area contributed by atoms with Crippen molar-refractivity contribution in [1.29, 1.82) is 0 Å². The van der Waals surface area contributed by atoms with Crippen molar-refractivity contribution in [2.45, 2.75) is 25.3 Å². The lowest BCUT2D eigenvalue weighted by molar-refractivity contribution is 0.304. The van der Waals surface area contributed by atoms with Crippen LogP contribution in [0.5, 0.6) is 0 Å². The molecule has 0 aromatic carbocycles. The van der Waals surface area contributed by atoms with Crippen LogP contribution in [0.4, 0.5) is 5.82 Å². The molecule has 7 heteroatoms. The number of hydrogen-bond acceptors (Lipinski definition) is 6. The summed E-state index contributed by atoms with van der Waals surface area (Å²) in [6.07, 6.45) is 2.22. The summed E-state index contributed by atoms with van der Waals surface area (Å²) in [6.45, 7) is 4.26. The van der Waals surface area contributed by atoms with E-state index in [1.165, 1.54) is 4.63 Å². The first-order valence-electron chi connectivity index (χ1n) is 6.19. The maximum Gasteiger partial charge on any atom is 0.200 e. The summed E-state index contributed by atoms with van der Waals surface area (Å²) < 4.78 is 1.47. The van der Waals surface area contributed by atoms with Crippen LogP contribution in [0.25, 0.3) is 5.65 Å². The second kappa shape index (κ2) is 4.16. The molecule has 0 atom stereocenters. The molecular weight excluding hydrogens is 230 g/mol. The van der Waals surface area contributed by atoms with Crippen molar-refractivity contribution < 1.29 is 0 Å². The highest BCUT2D eigenvalue weighted by molar-refractivity contribution is 5.44. The Hall–Kier alpha value is -1.76. The fourth-order valence-corrected chi connectivity index (χ4v) is 2.29. The van der Waals surface area contributed by atoms with Gasteiger partial charge in [0.15, 0.2) is 11.5 Å². The lowest BCUT2D eigenvalue weighted by Gasteiger charge is -2.39. The average molecular weight is 247 g/mol. The molecule has 1 aliphatic heterocycles. The van der Waals surface area contributed by atoms with E-state index in [1.54, 1.807) is 0 Å². The van der Waals surface area contributed by atoms with Crippen LogP contribution in [-0.2, 0) is 0 Å². The first kappa shape index (κ1) is 11.3. The number of nitrogens with zero attached hydrogens (tertiary/aromatic N) is 6. The molecular formula is C11H17N7. The van der Waals surface area contributed by atoms with Crippen LogP contribution in [0.3, 0.4) is 0 Å². The molecule has 0 spiro atoms. The van der Waals surface area contributed by atoms with Crippen molar-refractivity contribution in [1.82, 2.24) is 30.6 Å². The highest BCUT2D eigenvalue weighted by atomic mass is 15.6. The lowest BCUT2D eigenvalue weighted by Crippen LogP contribution is -2.50. The number of rotatable bonds is 2. The van der Waals surface area contributed by atoms with Gasteiger partial charge in [-0.3, -0.25) is 0 Å². The van der Waals surface area contributed by atoms with E-state index in [0.29, 0.717) is 5.65 Å². The van der Waals surface area contributed by atoms with Gasteiger partial charge in [0, 0.05) is 18.6 Å². The van der Waals surface area contributed by atoms with Crippen LogP contribution in [0.2, 0.25) is 0 Å². The number of nitrogens with one attached hydrogen (secondary N) is 1. The first-order valence-corrected chi connectivity index (χ1v) is 6.19. The van der Waals surface area contributed by atoms with Crippen LogP contribution in [-0.4, -0.2) is 50.9 Å². The number of hydrogen-bond donors (Lipinski definition) is 1. The van der Waals surface area contributed by atoms with Crippen molar-refractivity contribution >= 4 is 11.5 Å². The van der Waals surface area contributed by atoms with Gasteiger partial charge < -0.3 is 10.2 Å². The molecule has 1 saturated heterocycles. The highest BCUT2D eigenvalue weighted by Crippen LogP contribution is 2.24. The molecule has 3 heterocycles. The third-order valence-electron chi connectivity index (χ3n) is 3.85. The minimum Gasteiger partial charge on any atom is -0.355 e. The monoisotopic (exact) mass is 247 g/mol. The molecule has 1 fully saturated rings. The highest BCUT2D eigenvalue weighted by Gasteiger charge is 2.28. The molecule has 96 valence electrons. The standard InChI is InChI=1S/C11H17N7/c1-11(12-2)5-7-17(8-6-11)10-4-3-9-13-15-16-18(9)14-10/h3-4,12H,5-8H2,1-2H3. The van der Waals surface area contributed by atoms with E-state index in [2.05, 4.69) is 37.8 Å². The van der Waals surface area contributed by atoms with Gasteiger partial charge in [-0.2, -0.15) is 0 Å². The maximum atomic E-state index is 4.42. The Labute approximate surface area is 105 Å². The van der Waals surface area contributed by atoms with Gasteiger partial charge in [-0.15, -0.1) is 14.8 Å². The van der Waals surface area contributed by atoms with Gasteiger partial charge in [-0.1, -0.05) is 0 Å². The Kier molecular flexibility index (Phi) is 2.62. The summed E-state index contributed by atoms with van der Waals surface area (Å²) in [5.41, 5.74) is 0.922. The SMILES string of the molecule is CNC1(C)CCN(c2ccc3nnnn3n2)CC1. The van der Waals surface area contributed by atoms with Gasteiger partial charge in [0.05, 0.1) is 0 Å². The molecule has 2 aromatic heterocycles. The molecule has 0 amide bonds. The van der Waals surface area contributed by atoms with Gasteiger partial charge in [-0.05, 0) is 49.4 Å². The topological polar surface area (TPSA) is 71.2 Å². The molecule has 2 aromatic rings. The Morgan fingerprint density at radius 2 is 2.06 bits per heavy atom. The zero-order chi connectivity index (χ0) is 12.6. The lowest BCUT2D eigenvalue weighted by atomic mass is 9.90. The predicted octanol–water partition coefficient (Wildman–Crippen LogP) is 0.0976. The molecule has 0 aliphatic carbocycles. The third kappa shape index (κ3) is 1.90. The van der Waals surface area contributed by atoms with Crippen molar-refractivity contribution in [3.63, 3.8) is 0 Å². The summed E-state index contributed by atoms with van der Waals surface area (Å²) in [4.78, 5) is 2.28. The smallest absolute Gasteiger partial charge is 0.200 e. The second-order valence-corrected chi connectivity index (χ2v) is 5.02. The van der Waals surface area contributed by atoms with Crippen molar-refractivity contribution in [3.05, 3.63) is 12.1 Å². The molecule has 0 radical (unpaired) electrons. The number of tetrazole rings is 1. The molecule has 3 rings (SSSR count). The van der Waals surface area contributed by atoms with E-state index in [4.69, 9.17) is 0 Å². The van der Waals surface area contributed by atoms with Gasteiger partial charge in [0.2, 0.25) is 0 Å². The van der Waals surface area contributed by atoms with Gasteiger partial charge in [-0.25, -0.2) is 0 Å². The van der Waals surface area contributed by atoms with Crippen LogP contribution in [0, 0.1) is 0 Å². The molecule has 0 bridgehead atoms. The van der Waals surface area contributed by atoms with E-state index >= 15 is 0 Å². The third-order valence-corrected chi connectivity index (χ3v) is 3.85. The summed E-state index contributed by atoms with van der Waals surface area (Å²) in [6, 6.07) is 3.88.